The summed E-state index contributed by atoms with van der Waals surface area (Å²) in [6.07, 6.45) is -1.64. The number of allylic oxidation sites excluding steroid dienone is 2. The van der Waals surface area contributed by atoms with Crippen molar-refractivity contribution in [2.75, 3.05) is 0 Å². The van der Waals surface area contributed by atoms with Gasteiger partial charge < -0.3 is 38.6 Å². The Morgan fingerprint density at radius 3 is 2.15 bits per heavy atom. The summed E-state index contributed by atoms with van der Waals surface area (Å²) in [6.45, 7) is 21.5. The van der Waals surface area contributed by atoms with Crippen LogP contribution in [0.3, 0.4) is 0 Å². The maximum absolute atomic E-state index is 13.3. The molecule has 2 aliphatic carbocycles. The fourth-order valence-electron chi connectivity index (χ4n) is 7.23. The van der Waals surface area contributed by atoms with E-state index < -0.39 is 83.5 Å². The quantitative estimate of drug-likeness (QED) is 0.111. The average molecular weight is 663 g/mol. The summed E-state index contributed by atoms with van der Waals surface area (Å²) in [5, 5.41) is 23.1. The van der Waals surface area contributed by atoms with E-state index in [9.17, 15) is 24.6 Å². The molecule has 0 aromatic carbocycles. The zero-order valence-electron chi connectivity index (χ0n) is 29.6. The minimum atomic E-state index is -1.57. The molecule has 4 fully saturated rings. The Labute approximate surface area is 278 Å². The van der Waals surface area contributed by atoms with Crippen molar-refractivity contribution in [1.82, 2.24) is 0 Å². The summed E-state index contributed by atoms with van der Waals surface area (Å²) in [7, 11) is 0. The molecule has 1 spiro atoms. The number of hydrogen-bond donors (Lipinski definition) is 2. The standard InChI is InChI=1S/C36H54O11/c1-12-19(4)28(38)43-25-23(8)42-31(27(45-30(40)21(6)14-3)26(25)44-29(39)20(5)13-2)46-33(9,10)35(41)18-17-34(11)16-15-24(37)22(7)36(34)32(35)47-36/h12,14,20,23-27,31-32,37,41H,7,13,15-18H2,1-6,8-11H3/b19-12-,21-14-/t20?,23-,24-,25+,26+,27-,31?,32-,34-,35-,36-/m1/s1. The first kappa shape index (κ1) is 37.3. The number of aliphatic hydroxyl groups excluding tert-OH is 1. The zero-order chi connectivity index (χ0) is 35.3. The summed E-state index contributed by atoms with van der Waals surface area (Å²) in [5.41, 5.74) is -2.99. The van der Waals surface area contributed by atoms with Gasteiger partial charge in [0.25, 0.3) is 0 Å². The summed E-state index contributed by atoms with van der Waals surface area (Å²) in [5.74, 6) is -2.40. The molecule has 4 rings (SSSR count). The van der Waals surface area contributed by atoms with E-state index in [0.29, 0.717) is 42.4 Å². The van der Waals surface area contributed by atoms with E-state index in [4.69, 9.17) is 28.4 Å². The second kappa shape index (κ2) is 13.4. The van der Waals surface area contributed by atoms with Gasteiger partial charge in [-0.05, 0) is 86.1 Å². The molecule has 0 aromatic rings. The number of aliphatic hydroxyl groups is 2. The van der Waals surface area contributed by atoms with Gasteiger partial charge in [-0.1, -0.05) is 39.5 Å². The van der Waals surface area contributed by atoms with Crippen LogP contribution < -0.4 is 0 Å². The van der Waals surface area contributed by atoms with E-state index in [0.717, 1.165) is 6.42 Å². The van der Waals surface area contributed by atoms with Gasteiger partial charge in [0, 0.05) is 16.6 Å². The lowest BCUT2D eigenvalue weighted by molar-refractivity contribution is -0.341. The minimum absolute atomic E-state index is 0.292. The first-order valence-electron chi connectivity index (χ1n) is 16.8. The van der Waals surface area contributed by atoms with Crippen LogP contribution in [-0.2, 0) is 42.8 Å². The number of ether oxygens (including phenoxy) is 6. The normalized spacial score (nSPS) is 39.7. The molecule has 0 amide bonds. The number of rotatable bonds is 10. The summed E-state index contributed by atoms with van der Waals surface area (Å²) >= 11 is 0. The van der Waals surface area contributed by atoms with Gasteiger partial charge in [0.15, 0.2) is 24.6 Å². The Hall–Kier alpha value is -2.57. The predicted octanol–water partition coefficient (Wildman–Crippen LogP) is 4.62. The molecule has 11 heteroatoms. The van der Waals surface area contributed by atoms with Crippen LogP contribution in [0.5, 0.6) is 0 Å². The van der Waals surface area contributed by atoms with Crippen molar-refractivity contribution >= 4 is 17.9 Å². The van der Waals surface area contributed by atoms with Crippen LogP contribution in [0.4, 0.5) is 0 Å². The molecule has 4 aliphatic rings. The molecule has 0 radical (unpaired) electrons. The van der Waals surface area contributed by atoms with Crippen LogP contribution in [0.15, 0.2) is 35.5 Å². The molecule has 2 saturated carbocycles. The maximum Gasteiger partial charge on any atom is 0.333 e. The summed E-state index contributed by atoms with van der Waals surface area (Å²) < 4.78 is 37.1. The monoisotopic (exact) mass is 662 g/mol. The third-order valence-corrected chi connectivity index (χ3v) is 11.3. The molecule has 264 valence electrons. The van der Waals surface area contributed by atoms with Gasteiger partial charge in [-0.25, -0.2) is 9.59 Å². The Kier molecular flexibility index (Phi) is 10.6. The summed E-state index contributed by atoms with van der Waals surface area (Å²) in [4.78, 5) is 39.5. The lowest BCUT2D eigenvalue weighted by Gasteiger charge is -2.54. The van der Waals surface area contributed by atoms with Gasteiger partial charge in [-0.15, -0.1) is 0 Å². The molecule has 2 N–H and O–H groups in total. The van der Waals surface area contributed by atoms with Crippen molar-refractivity contribution in [2.24, 2.45) is 11.3 Å². The van der Waals surface area contributed by atoms with E-state index >= 15 is 0 Å². The maximum atomic E-state index is 13.3. The molecule has 47 heavy (non-hydrogen) atoms. The minimum Gasteiger partial charge on any atom is -0.454 e. The molecule has 0 aromatic heterocycles. The number of carbonyl (C=O) groups excluding carboxylic acids is 3. The van der Waals surface area contributed by atoms with Gasteiger partial charge >= 0.3 is 17.9 Å². The van der Waals surface area contributed by atoms with Gasteiger partial charge in [-0.3, -0.25) is 4.79 Å². The number of epoxide rings is 1. The van der Waals surface area contributed by atoms with Gasteiger partial charge in [0.1, 0.15) is 17.3 Å². The van der Waals surface area contributed by atoms with Gasteiger partial charge in [-0.2, -0.15) is 0 Å². The highest BCUT2D eigenvalue weighted by Gasteiger charge is 2.81. The van der Waals surface area contributed by atoms with Crippen molar-refractivity contribution in [3.8, 4) is 0 Å². The fraction of sp³-hybridized carbons (Fsp3) is 0.750. The third kappa shape index (κ3) is 6.34. The SMILES string of the molecule is C=C1[C@H](O)CC[C@]2(C)CC[C@](O)(C(C)(C)OC3O[C@H](C)[C@H](OC(=O)/C(C)=C\C)[C@H](OC(=O)C(C)CC)[C@H]3OC(=O)/C(C)=C\C)[C@H]3O[C@]132. The van der Waals surface area contributed by atoms with E-state index in [1.165, 1.54) is 0 Å². The van der Waals surface area contributed by atoms with Crippen molar-refractivity contribution in [3.63, 3.8) is 0 Å². The van der Waals surface area contributed by atoms with E-state index in [1.807, 2.05) is 6.92 Å². The van der Waals surface area contributed by atoms with E-state index in [1.54, 1.807) is 67.5 Å². The molecule has 2 unspecified atom stereocenters. The Bertz CT molecular complexity index is 1320. The van der Waals surface area contributed by atoms with Crippen LogP contribution in [-0.4, -0.2) is 87.8 Å². The van der Waals surface area contributed by atoms with E-state index in [2.05, 4.69) is 13.5 Å². The topological polar surface area (TPSA) is 150 Å². The molecule has 2 aliphatic heterocycles. The number of esters is 3. The van der Waals surface area contributed by atoms with Crippen LogP contribution in [0.25, 0.3) is 0 Å². The largest absolute Gasteiger partial charge is 0.454 e. The highest BCUT2D eigenvalue weighted by atomic mass is 16.7. The fourth-order valence-corrected chi connectivity index (χ4v) is 7.23. The first-order valence-corrected chi connectivity index (χ1v) is 16.8. The smallest absolute Gasteiger partial charge is 0.333 e. The highest BCUT2D eigenvalue weighted by Crippen LogP contribution is 2.70. The molecule has 0 bridgehead atoms. The first-order chi connectivity index (χ1) is 21.8. The van der Waals surface area contributed by atoms with Gasteiger partial charge in [0.2, 0.25) is 0 Å². The lowest BCUT2D eigenvalue weighted by Crippen LogP contribution is -2.67. The van der Waals surface area contributed by atoms with Crippen LogP contribution in [0.1, 0.15) is 101 Å². The van der Waals surface area contributed by atoms with E-state index in [-0.39, 0.29) is 5.41 Å². The van der Waals surface area contributed by atoms with Crippen molar-refractivity contribution < 1.29 is 53.0 Å². The number of hydrogen-bond acceptors (Lipinski definition) is 11. The Morgan fingerprint density at radius 1 is 1.02 bits per heavy atom. The van der Waals surface area contributed by atoms with Crippen molar-refractivity contribution in [2.45, 2.75) is 161 Å². The predicted molar refractivity (Wildman–Crippen MR) is 172 cm³/mol. The molecule has 11 nitrogen and oxygen atoms in total. The molecule has 11 atom stereocenters. The second-order valence-electron chi connectivity index (χ2n) is 14.5. The lowest BCUT2D eigenvalue weighted by atomic mass is 9.53. The van der Waals surface area contributed by atoms with Gasteiger partial charge in [0.05, 0.1) is 23.7 Å². The van der Waals surface area contributed by atoms with Crippen molar-refractivity contribution in [3.05, 3.63) is 35.5 Å². The Morgan fingerprint density at radius 2 is 1.60 bits per heavy atom. The van der Waals surface area contributed by atoms with Crippen molar-refractivity contribution in [1.29, 1.82) is 0 Å². The molecular weight excluding hydrogens is 608 g/mol. The molecule has 2 saturated heterocycles. The molecular formula is C36H54O11. The number of carbonyl (C=O) groups is 3. The second-order valence-corrected chi connectivity index (χ2v) is 14.5. The molecule has 2 heterocycles. The zero-order valence-corrected chi connectivity index (χ0v) is 29.6. The van der Waals surface area contributed by atoms with Crippen LogP contribution >= 0.6 is 0 Å². The summed E-state index contributed by atoms with van der Waals surface area (Å²) in [6, 6.07) is 0. The Balaban J connectivity index is 1.72. The van der Waals surface area contributed by atoms with Crippen LogP contribution in [0.2, 0.25) is 0 Å². The third-order valence-electron chi connectivity index (χ3n) is 11.3. The van der Waals surface area contributed by atoms with Crippen LogP contribution in [0, 0.1) is 11.3 Å². The average Bonchev–Trinajstić information content (AvgIpc) is 3.81. The highest BCUT2D eigenvalue weighted by molar-refractivity contribution is 5.88.